The van der Waals surface area contributed by atoms with Crippen LogP contribution in [0.2, 0.25) is 0 Å². The van der Waals surface area contributed by atoms with Crippen molar-refractivity contribution in [1.29, 1.82) is 0 Å². The zero-order valence-electron chi connectivity index (χ0n) is 9.32. The van der Waals surface area contributed by atoms with E-state index >= 15 is 0 Å². The van der Waals surface area contributed by atoms with Crippen molar-refractivity contribution in [2.45, 2.75) is 17.1 Å². The van der Waals surface area contributed by atoms with Crippen LogP contribution in [-0.4, -0.2) is 48.2 Å². The van der Waals surface area contributed by atoms with Crippen molar-refractivity contribution in [3.8, 4) is 0 Å². The van der Waals surface area contributed by atoms with Crippen LogP contribution in [-0.2, 0) is 10.0 Å². The number of benzene rings is 1. The van der Waals surface area contributed by atoms with Gasteiger partial charge < -0.3 is 15.9 Å². The molecule has 0 aliphatic carbocycles. The van der Waals surface area contributed by atoms with Gasteiger partial charge in [0.1, 0.15) is 10.7 Å². The number of nitrogens with two attached hydrogens (primary N) is 1. The number of hydrogen-bond acceptors (Lipinski definition) is 5. The van der Waals surface area contributed by atoms with E-state index in [9.17, 15) is 23.0 Å². The van der Waals surface area contributed by atoms with E-state index in [2.05, 4.69) is 0 Å². The molecule has 0 radical (unpaired) electrons. The number of β-amino-alcohol motifs (C(OH)–C–C–N with tert-alkyl or cyclic N) is 2. The van der Waals surface area contributed by atoms with Gasteiger partial charge in [0.15, 0.2) is 0 Å². The van der Waals surface area contributed by atoms with Crippen molar-refractivity contribution in [2.75, 3.05) is 18.8 Å². The molecule has 0 amide bonds. The molecule has 2 atom stereocenters. The first-order valence-corrected chi connectivity index (χ1v) is 6.68. The molecule has 2 rings (SSSR count). The average molecular weight is 276 g/mol. The predicted octanol–water partition coefficient (Wildman–Crippen LogP) is -0.866. The number of halogens is 1. The molecule has 1 fully saturated rings. The second-order valence-electron chi connectivity index (χ2n) is 4.11. The lowest BCUT2D eigenvalue weighted by atomic mass is 10.3. The number of aliphatic hydroxyl groups excluding tert-OH is 2. The SMILES string of the molecule is Nc1cccc(F)c1S(=O)(=O)N1C[C@@H](O)[C@@H](O)C1. The highest BCUT2D eigenvalue weighted by molar-refractivity contribution is 7.89. The summed E-state index contributed by atoms with van der Waals surface area (Å²) >= 11 is 0. The summed E-state index contributed by atoms with van der Waals surface area (Å²) in [4.78, 5) is -0.619. The van der Waals surface area contributed by atoms with Crippen molar-refractivity contribution < 1.29 is 23.0 Å². The highest BCUT2D eigenvalue weighted by atomic mass is 32.2. The number of sulfonamides is 1. The van der Waals surface area contributed by atoms with E-state index < -0.39 is 32.9 Å². The van der Waals surface area contributed by atoms with Gasteiger partial charge in [-0.25, -0.2) is 12.8 Å². The molecule has 8 heteroatoms. The van der Waals surface area contributed by atoms with E-state index in [0.29, 0.717) is 0 Å². The second kappa shape index (κ2) is 4.47. The van der Waals surface area contributed by atoms with Gasteiger partial charge >= 0.3 is 0 Å². The maximum atomic E-state index is 13.6. The van der Waals surface area contributed by atoms with Crippen LogP contribution in [0.4, 0.5) is 10.1 Å². The summed E-state index contributed by atoms with van der Waals surface area (Å²) in [6, 6.07) is 3.57. The number of hydrogen-bond donors (Lipinski definition) is 3. The van der Waals surface area contributed by atoms with Crippen molar-refractivity contribution in [1.82, 2.24) is 4.31 Å². The van der Waals surface area contributed by atoms with Crippen molar-refractivity contribution >= 4 is 15.7 Å². The maximum Gasteiger partial charge on any atom is 0.248 e. The van der Waals surface area contributed by atoms with E-state index in [1.54, 1.807) is 0 Å². The van der Waals surface area contributed by atoms with Gasteiger partial charge in [0, 0.05) is 13.1 Å². The number of nitrogens with zero attached hydrogens (tertiary/aromatic N) is 1. The van der Waals surface area contributed by atoms with E-state index in [1.807, 2.05) is 0 Å². The Morgan fingerprint density at radius 2 is 1.83 bits per heavy atom. The summed E-state index contributed by atoms with van der Waals surface area (Å²) in [7, 11) is -4.15. The van der Waals surface area contributed by atoms with Crippen LogP contribution in [0.3, 0.4) is 0 Å². The van der Waals surface area contributed by atoms with Gasteiger partial charge in [-0.3, -0.25) is 0 Å². The molecule has 0 bridgehead atoms. The summed E-state index contributed by atoms with van der Waals surface area (Å²) in [5, 5.41) is 18.7. The predicted molar refractivity (Wildman–Crippen MR) is 61.6 cm³/mol. The third kappa shape index (κ3) is 2.07. The van der Waals surface area contributed by atoms with Gasteiger partial charge in [-0.2, -0.15) is 4.31 Å². The molecule has 0 aromatic heterocycles. The molecular weight excluding hydrogens is 263 g/mol. The van der Waals surface area contributed by atoms with Crippen LogP contribution in [0.25, 0.3) is 0 Å². The highest BCUT2D eigenvalue weighted by Crippen LogP contribution is 2.27. The van der Waals surface area contributed by atoms with Crippen LogP contribution >= 0.6 is 0 Å². The topological polar surface area (TPSA) is 104 Å². The minimum absolute atomic E-state index is 0.203. The third-order valence-corrected chi connectivity index (χ3v) is 4.75. The van der Waals surface area contributed by atoms with Crippen molar-refractivity contribution in [3.63, 3.8) is 0 Å². The summed E-state index contributed by atoms with van der Waals surface area (Å²) in [5.41, 5.74) is 5.27. The first-order chi connectivity index (χ1) is 8.34. The molecular formula is C10H13FN2O4S. The van der Waals surface area contributed by atoms with Gasteiger partial charge in [-0.15, -0.1) is 0 Å². The fourth-order valence-electron chi connectivity index (χ4n) is 1.86. The van der Waals surface area contributed by atoms with Crippen LogP contribution in [0.15, 0.2) is 23.1 Å². The third-order valence-electron chi connectivity index (χ3n) is 2.82. The Bertz CT molecular complexity index is 533. The Balaban J connectivity index is 2.44. The van der Waals surface area contributed by atoms with E-state index in [-0.39, 0.29) is 18.8 Å². The van der Waals surface area contributed by atoms with Crippen molar-refractivity contribution in [2.24, 2.45) is 0 Å². The van der Waals surface area contributed by atoms with Gasteiger partial charge in [0.2, 0.25) is 10.0 Å². The Kier molecular flexibility index (Phi) is 3.28. The normalized spacial score (nSPS) is 25.5. The Labute approximate surface area is 103 Å². The zero-order chi connectivity index (χ0) is 13.5. The zero-order valence-corrected chi connectivity index (χ0v) is 10.1. The Hall–Kier alpha value is -1.22. The first kappa shape index (κ1) is 13.2. The molecule has 100 valence electrons. The smallest absolute Gasteiger partial charge is 0.248 e. The lowest BCUT2D eigenvalue weighted by Crippen LogP contribution is -2.31. The van der Waals surface area contributed by atoms with Crippen LogP contribution in [0, 0.1) is 5.82 Å². The minimum atomic E-state index is -4.15. The maximum absolute atomic E-state index is 13.6. The van der Waals surface area contributed by atoms with E-state index in [0.717, 1.165) is 10.4 Å². The van der Waals surface area contributed by atoms with E-state index in [1.165, 1.54) is 12.1 Å². The Morgan fingerprint density at radius 3 is 2.33 bits per heavy atom. The quantitative estimate of drug-likeness (QED) is 0.609. The molecule has 0 unspecified atom stereocenters. The van der Waals surface area contributed by atoms with Crippen LogP contribution < -0.4 is 5.73 Å². The Morgan fingerprint density at radius 1 is 1.28 bits per heavy atom. The highest BCUT2D eigenvalue weighted by Gasteiger charge is 2.39. The summed E-state index contributed by atoms with van der Waals surface area (Å²) < 4.78 is 38.7. The van der Waals surface area contributed by atoms with Crippen LogP contribution in [0.1, 0.15) is 0 Å². The molecule has 18 heavy (non-hydrogen) atoms. The van der Waals surface area contributed by atoms with Gasteiger partial charge in [-0.1, -0.05) is 6.07 Å². The molecule has 1 aromatic rings. The lowest BCUT2D eigenvalue weighted by molar-refractivity contribution is 0.0572. The summed E-state index contributed by atoms with van der Waals surface area (Å²) in [6.07, 6.45) is -2.35. The number of aliphatic hydroxyl groups is 2. The molecule has 1 aromatic carbocycles. The molecule has 1 aliphatic rings. The lowest BCUT2D eigenvalue weighted by Gasteiger charge is -2.17. The molecule has 1 saturated heterocycles. The van der Waals surface area contributed by atoms with Crippen molar-refractivity contribution in [3.05, 3.63) is 24.0 Å². The van der Waals surface area contributed by atoms with Gasteiger partial charge in [0.25, 0.3) is 0 Å². The minimum Gasteiger partial charge on any atom is -0.398 e. The first-order valence-electron chi connectivity index (χ1n) is 5.24. The molecule has 6 nitrogen and oxygen atoms in total. The largest absolute Gasteiger partial charge is 0.398 e. The summed E-state index contributed by atoms with van der Waals surface area (Å²) in [5.74, 6) is -0.953. The number of anilines is 1. The second-order valence-corrected chi connectivity index (χ2v) is 5.99. The van der Waals surface area contributed by atoms with Crippen LogP contribution in [0.5, 0.6) is 0 Å². The molecule has 1 aliphatic heterocycles. The number of rotatable bonds is 2. The fraction of sp³-hybridized carbons (Fsp3) is 0.400. The van der Waals surface area contributed by atoms with Gasteiger partial charge in [0.05, 0.1) is 17.9 Å². The van der Waals surface area contributed by atoms with E-state index in [4.69, 9.17) is 5.73 Å². The molecule has 4 N–H and O–H groups in total. The fourth-order valence-corrected chi connectivity index (χ4v) is 3.49. The molecule has 1 heterocycles. The molecule has 0 saturated carbocycles. The van der Waals surface area contributed by atoms with Gasteiger partial charge in [-0.05, 0) is 12.1 Å². The average Bonchev–Trinajstić information content (AvgIpc) is 2.59. The molecule has 0 spiro atoms. The monoisotopic (exact) mass is 276 g/mol. The summed E-state index contributed by atoms with van der Waals surface area (Å²) in [6.45, 7) is -0.561. The number of nitrogen functional groups attached to an aromatic ring is 1. The standard InChI is InChI=1S/C10H13FN2O4S/c11-6-2-1-3-7(12)10(6)18(16,17)13-4-8(14)9(15)5-13/h1-3,8-9,14-15H,4-5,12H2/t8-,9+.